The van der Waals surface area contributed by atoms with Crippen molar-refractivity contribution in [3.63, 3.8) is 0 Å². The van der Waals surface area contributed by atoms with E-state index in [1.807, 2.05) is 19.1 Å². The van der Waals surface area contributed by atoms with Crippen molar-refractivity contribution in [3.8, 4) is 17.6 Å². The number of methoxy groups -OCH3 is 1. The highest BCUT2D eigenvalue weighted by Gasteiger charge is 2.11. The van der Waals surface area contributed by atoms with Crippen LogP contribution in [0.25, 0.3) is 0 Å². The fourth-order valence-corrected chi connectivity index (χ4v) is 2.30. The average molecular weight is 341 g/mol. The summed E-state index contributed by atoms with van der Waals surface area (Å²) in [6.45, 7) is 5.98. The first-order chi connectivity index (χ1) is 9.62. The summed E-state index contributed by atoms with van der Waals surface area (Å²) in [7, 11) is 1.63. The van der Waals surface area contributed by atoms with Gasteiger partial charge in [-0.05, 0) is 47.0 Å². The maximum absolute atomic E-state index is 8.74. The van der Waals surface area contributed by atoms with E-state index in [2.05, 4.69) is 34.2 Å². The van der Waals surface area contributed by atoms with Crippen LogP contribution in [-0.4, -0.2) is 20.3 Å². The van der Waals surface area contributed by atoms with Crippen molar-refractivity contribution in [2.45, 2.75) is 26.8 Å². The summed E-state index contributed by atoms with van der Waals surface area (Å²) in [4.78, 5) is 0. The number of hydrogen-bond donors (Lipinski definition) is 1. The molecule has 4 nitrogen and oxygen atoms in total. The zero-order chi connectivity index (χ0) is 15.0. The van der Waals surface area contributed by atoms with Gasteiger partial charge in [0.1, 0.15) is 0 Å². The molecule has 1 aromatic rings. The van der Waals surface area contributed by atoms with Gasteiger partial charge in [0.25, 0.3) is 0 Å². The molecule has 0 saturated carbocycles. The Hall–Kier alpha value is -1.25. The summed E-state index contributed by atoms with van der Waals surface area (Å²) in [6, 6.07) is 6.17. The van der Waals surface area contributed by atoms with E-state index in [9.17, 15) is 0 Å². The molecule has 1 aromatic carbocycles. The van der Waals surface area contributed by atoms with Crippen molar-refractivity contribution in [1.82, 2.24) is 5.32 Å². The Bertz CT molecular complexity index is 472. The number of ether oxygens (including phenoxy) is 2. The molecule has 0 heterocycles. The third kappa shape index (κ3) is 5.03. The fourth-order valence-electron chi connectivity index (χ4n) is 1.70. The van der Waals surface area contributed by atoms with Crippen LogP contribution in [0.5, 0.6) is 11.5 Å². The molecule has 0 aliphatic rings. The zero-order valence-electron chi connectivity index (χ0n) is 12.2. The highest BCUT2D eigenvalue weighted by atomic mass is 79.9. The van der Waals surface area contributed by atoms with Crippen molar-refractivity contribution in [1.29, 1.82) is 5.26 Å². The molecule has 20 heavy (non-hydrogen) atoms. The lowest BCUT2D eigenvalue weighted by molar-refractivity contribution is 0.292. The van der Waals surface area contributed by atoms with E-state index < -0.39 is 0 Å². The SMILES string of the molecule is CCCOc1c(Br)cc(CNCC(C)C#N)cc1OC. The minimum Gasteiger partial charge on any atom is -0.493 e. The van der Waals surface area contributed by atoms with Gasteiger partial charge in [-0.1, -0.05) is 6.92 Å². The number of halogens is 1. The molecule has 1 N–H and O–H groups in total. The summed E-state index contributed by atoms with van der Waals surface area (Å²) < 4.78 is 11.9. The Morgan fingerprint density at radius 3 is 2.80 bits per heavy atom. The van der Waals surface area contributed by atoms with Crippen molar-refractivity contribution in [2.75, 3.05) is 20.3 Å². The van der Waals surface area contributed by atoms with Gasteiger partial charge in [-0.2, -0.15) is 5.26 Å². The van der Waals surface area contributed by atoms with E-state index in [0.29, 0.717) is 19.7 Å². The highest BCUT2D eigenvalue weighted by Crippen LogP contribution is 2.36. The third-order valence-electron chi connectivity index (χ3n) is 2.74. The molecular formula is C15H21BrN2O2. The van der Waals surface area contributed by atoms with Crippen LogP contribution < -0.4 is 14.8 Å². The molecule has 0 radical (unpaired) electrons. The lowest BCUT2D eigenvalue weighted by Crippen LogP contribution is -2.19. The normalized spacial score (nSPS) is 11.8. The number of benzene rings is 1. The molecule has 0 aromatic heterocycles. The van der Waals surface area contributed by atoms with Gasteiger partial charge in [0.2, 0.25) is 0 Å². The van der Waals surface area contributed by atoms with Crippen LogP contribution in [0.3, 0.4) is 0 Å². The quantitative estimate of drug-likeness (QED) is 0.786. The van der Waals surface area contributed by atoms with Crippen molar-refractivity contribution < 1.29 is 9.47 Å². The molecule has 0 fully saturated rings. The summed E-state index contributed by atoms with van der Waals surface area (Å²) in [6.07, 6.45) is 0.949. The number of nitrogens with one attached hydrogen (secondary N) is 1. The smallest absolute Gasteiger partial charge is 0.175 e. The molecule has 0 aliphatic carbocycles. The minimum atomic E-state index is 0.00694. The van der Waals surface area contributed by atoms with E-state index in [-0.39, 0.29) is 5.92 Å². The Kier molecular flexibility index (Phi) is 7.42. The monoisotopic (exact) mass is 340 g/mol. The molecule has 5 heteroatoms. The first kappa shape index (κ1) is 16.8. The predicted molar refractivity (Wildman–Crippen MR) is 83.0 cm³/mol. The molecule has 0 bridgehead atoms. The van der Waals surface area contributed by atoms with Gasteiger partial charge in [-0.25, -0.2) is 0 Å². The molecule has 1 atom stereocenters. The van der Waals surface area contributed by atoms with Crippen LogP contribution in [0, 0.1) is 17.2 Å². The standard InChI is InChI=1S/C15H21BrN2O2/c1-4-5-20-15-13(16)6-12(7-14(15)19-3)10-18-9-11(2)8-17/h6-7,11,18H,4-5,9-10H2,1-3H3. The Morgan fingerprint density at radius 2 is 2.20 bits per heavy atom. The minimum absolute atomic E-state index is 0.00694. The van der Waals surface area contributed by atoms with Gasteiger partial charge in [0, 0.05) is 13.1 Å². The number of nitriles is 1. The van der Waals surface area contributed by atoms with E-state index in [1.165, 1.54) is 0 Å². The summed E-state index contributed by atoms with van der Waals surface area (Å²) in [5.74, 6) is 1.47. The summed E-state index contributed by atoms with van der Waals surface area (Å²) in [5.41, 5.74) is 1.09. The first-order valence-corrected chi connectivity index (χ1v) is 7.51. The number of hydrogen-bond acceptors (Lipinski definition) is 4. The highest BCUT2D eigenvalue weighted by molar-refractivity contribution is 9.10. The molecule has 1 rings (SSSR count). The van der Waals surface area contributed by atoms with Crippen LogP contribution in [0.1, 0.15) is 25.8 Å². The summed E-state index contributed by atoms with van der Waals surface area (Å²) in [5, 5.41) is 12.0. The molecule has 0 spiro atoms. The maximum Gasteiger partial charge on any atom is 0.175 e. The second kappa shape index (κ2) is 8.83. The van der Waals surface area contributed by atoms with Gasteiger partial charge in [0.05, 0.1) is 30.2 Å². The first-order valence-electron chi connectivity index (χ1n) is 6.71. The lowest BCUT2D eigenvalue weighted by atomic mass is 10.1. The second-order valence-electron chi connectivity index (χ2n) is 4.62. The largest absolute Gasteiger partial charge is 0.493 e. The van der Waals surface area contributed by atoms with Gasteiger partial charge in [-0.15, -0.1) is 0 Å². The molecule has 1 unspecified atom stereocenters. The maximum atomic E-state index is 8.74. The Labute approximate surface area is 129 Å². The van der Waals surface area contributed by atoms with Gasteiger partial charge in [0.15, 0.2) is 11.5 Å². The van der Waals surface area contributed by atoms with Crippen molar-refractivity contribution in [3.05, 3.63) is 22.2 Å². The molecular weight excluding hydrogens is 320 g/mol. The van der Waals surface area contributed by atoms with Crippen molar-refractivity contribution >= 4 is 15.9 Å². The lowest BCUT2D eigenvalue weighted by Gasteiger charge is -2.14. The third-order valence-corrected chi connectivity index (χ3v) is 3.33. The molecule has 0 aliphatic heterocycles. The van der Waals surface area contributed by atoms with Gasteiger partial charge < -0.3 is 14.8 Å². The van der Waals surface area contributed by atoms with Crippen LogP contribution in [-0.2, 0) is 6.54 Å². The predicted octanol–water partition coefficient (Wildman–Crippen LogP) is 3.50. The average Bonchev–Trinajstić information content (AvgIpc) is 2.45. The van der Waals surface area contributed by atoms with Gasteiger partial charge in [-0.3, -0.25) is 0 Å². The van der Waals surface area contributed by atoms with Crippen LogP contribution in [0.4, 0.5) is 0 Å². The Balaban J connectivity index is 2.74. The van der Waals surface area contributed by atoms with Crippen LogP contribution in [0.15, 0.2) is 16.6 Å². The molecule has 110 valence electrons. The Morgan fingerprint density at radius 1 is 1.45 bits per heavy atom. The van der Waals surface area contributed by atoms with Crippen LogP contribution >= 0.6 is 15.9 Å². The number of nitrogens with zero attached hydrogens (tertiary/aromatic N) is 1. The van der Waals surface area contributed by atoms with Crippen LogP contribution in [0.2, 0.25) is 0 Å². The van der Waals surface area contributed by atoms with E-state index in [1.54, 1.807) is 7.11 Å². The van der Waals surface area contributed by atoms with Crippen molar-refractivity contribution in [2.24, 2.45) is 5.92 Å². The van der Waals surface area contributed by atoms with E-state index in [0.717, 1.165) is 28.0 Å². The topological polar surface area (TPSA) is 54.3 Å². The second-order valence-corrected chi connectivity index (χ2v) is 5.47. The zero-order valence-corrected chi connectivity index (χ0v) is 13.8. The van der Waals surface area contributed by atoms with E-state index in [4.69, 9.17) is 14.7 Å². The number of rotatable bonds is 8. The summed E-state index contributed by atoms with van der Waals surface area (Å²) >= 11 is 3.52. The fraction of sp³-hybridized carbons (Fsp3) is 0.533. The van der Waals surface area contributed by atoms with E-state index >= 15 is 0 Å². The van der Waals surface area contributed by atoms with Gasteiger partial charge >= 0.3 is 0 Å². The molecule has 0 saturated heterocycles. The molecule has 0 amide bonds.